The topological polar surface area (TPSA) is 76.4 Å². The Bertz CT molecular complexity index is 1380. The summed E-state index contributed by atoms with van der Waals surface area (Å²) >= 11 is 0. The van der Waals surface area contributed by atoms with Crippen molar-refractivity contribution < 1.29 is 9.53 Å². The van der Waals surface area contributed by atoms with E-state index in [-0.39, 0.29) is 11.8 Å². The first-order chi connectivity index (χ1) is 19.1. The number of piperazine rings is 1. The Morgan fingerprint density at radius 3 is 2.38 bits per heavy atom. The fourth-order valence-corrected chi connectivity index (χ4v) is 5.02. The maximum atomic E-state index is 13.2. The average molecular weight is 527 g/mol. The van der Waals surface area contributed by atoms with E-state index >= 15 is 0 Å². The first kappa shape index (κ1) is 26.7. The third-order valence-corrected chi connectivity index (χ3v) is 7.32. The second-order valence-corrected chi connectivity index (χ2v) is 10.2. The Morgan fingerprint density at radius 2 is 1.69 bits per heavy atom. The molecular formula is C31H38N6O2. The summed E-state index contributed by atoms with van der Waals surface area (Å²) in [5.74, 6) is 2.85. The Morgan fingerprint density at radius 1 is 0.949 bits per heavy atom. The average Bonchev–Trinajstić information content (AvgIpc) is 3.42. The van der Waals surface area contributed by atoms with E-state index in [9.17, 15) is 4.79 Å². The largest absolute Gasteiger partial charge is 0.494 e. The van der Waals surface area contributed by atoms with Gasteiger partial charge in [0.25, 0.3) is 5.91 Å². The Labute approximate surface area is 230 Å². The van der Waals surface area contributed by atoms with Gasteiger partial charge in [-0.1, -0.05) is 51.8 Å². The Kier molecular flexibility index (Phi) is 8.39. The number of benzene rings is 2. The number of ether oxygens (including phenoxy) is 1. The normalized spacial score (nSPS) is 14.5. The molecule has 0 spiro atoms. The highest BCUT2D eigenvalue weighted by atomic mass is 16.5. The summed E-state index contributed by atoms with van der Waals surface area (Å²) in [5, 5.41) is 5.63. The molecule has 8 nitrogen and oxygen atoms in total. The van der Waals surface area contributed by atoms with Gasteiger partial charge in [0, 0.05) is 37.7 Å². The summed E-state index contributed by atoms with van der Waals surface area (Å²) in [6.07, 6.45) is 6.08. The van der Waals surface area contributed by atoms with Crippen molar-refractivity contribution >= 4 is 22.8 Å². The number of carbonyl (C=O) groups excluding carboxylic acids is 1. The summed E-state index contributed by atoms with van der Waals surface area (Å²) < 4.78 is 7.65. The first-order valence-electron chi connectivity index (χ1n) is 14.2. The molecule has 1 saturated heterocycles. The zero-order valence-electron chi connectivity index (χ0n) is 23.2. The summed E-state index contributed by atoms with van der Waals surface area (Å²) in [5.41, 5.74) is 2.49. The van der Waals surface area contributed by atoms with Crippen molar-refractivity contribution in [3.8, 4) is 11.4 Å². The minimum Gasteiger partial charge on any atom is -0.494 e. The number of para-hydroxylation sites is 1. The Balaban J connectivity index is 1.35. The lowest BCUT2D eigenvalue weighted by Crippen LogP contribution is -2.49. The van der Waals surface area contributed by atoms with Gasteiger partial charge in [0.05, 0.1) is 23.9 Å². The number of unbranched alkanes of at least 4 members (excludes halogenated alkanes) is 1. The van der Waals surface area contributed by atoms with Crippen LogP contribution in [-0.4, -0.2) is 63.3 Å². The lowest BCUT2D eigenvalue weighted by atomic mass is 10.1. The van der Waals surface area contributed by atoms with Crippen LogP contribution < -0.4 is 9.64 Å². The maximum Gasteiger partial charge on any atom is 0.253 e. The van der Waals surface area contributed by atoms with Gasteiger partial charge in [-0.25, -0.2) is 14.6 Å². The highest BCUT2D eigenvalue weighted by Crippen LogP contribution is 2.30. The van der Waals surface area contributed by atoms with Gasteiger partial charge in [-0.3, -0.25) is 4.79 Å². The van der Waals surface area contributed by atoms with Gasteiger partial charge >= 0.3 is 0 Å². The van der Waals surface area contributed by atoms with Gasteiger partial charge in [-0.2, -0.15) is 5.10 Å². The van der Waals surface area contributed by atoms with Crippen LogP contribution in [0.3, 0.4) is 0 Å². The molecule has 1 atom stereocenters. The van der Waals surface area contributed by atoms with E-state index in [0.29, 0.717) is 38.3 Å². The van der Waals surface area contributed by atoms with Crippen LogP contribution in [0.2, 0.25) is 0 Å². The van der Waals surface area contributed by atoms with Crippen molar-refractivity contribution in [2.24, 2.45) is 0 Å². The molecule has 39 heavy (non-hydrogen) atoms. The van der Waals surface area contributed by atoms with Gasteiger partial charge in [0.1, 0.15) is 17.4 Å². The predicted molar refractivity (Wildman–Crippen MR) is 155 cm³/mol. The molecule has 3 heterocycles. The van der Waals surface area contributed by atoms with Crippen molar-refractivity contribution in [2.75, 3.05) is 37.7 Å². The fourth-order valence-electron chi connectivity index (χ4n) is 5.02. The number of anilines is 1. The fraction of sp³-hybridized carbons (Fsp3) is 0.419. The van der Waals surface area contributed by atoms with Crippen molar-refractivity contribution in [2.45, 2.75) is 52.4 Å². The number of hydrogen-bond donors (Lipinski definition) is 0. The second kappa shape index (κ2) is 12.3. The zero-order chi connectivity index (χ0) is 27.2. The molecule has 1 aliphatic heterocycles. The maximum absolute atomic E-state index is 13.2. The molecule has 4 aromatic rings. The molecule has 1 unspecified atom stereocenters. The lowest BCUT2D eigenvalue weighted by molar-refractivity contribution is 0.0746. The molecule has 0 radical (unpaired) electrons. The van der Waals surface area contributed by atoms with Gasteiger partial charge in [0.2, 0.25) is 0 Å². The third-order valence-electron chi connectivity index (χ3n) is 7.32. The minimum absolute atomic E-state index is 0.0525. The monoisotopic (exact) mass is 526 g/mol. The molecule has 2 aromatic carbocycles. The van der Waals surface area contributed by atoms with Crippen LogP contribution in [0.4, 0.5) is 5.82 Å². The summed E-state index contributed by atoms with van der Waals surface area (Å²) in [6, 6.07) is 17.6. The molecule has 1 fully saturated rings. The van der Waals surface area contributed by atoms with Gasteiger partial charge in [-0.05, 0) is 49.2 Å². The smallest absolute Gasteiger partial charge is 0.253 e. The zero-order valence-corrected chi connectivity index (χ0v) is 23.2. The van der Waals surface area contributed by atoms with E-state index in [1.54, 1.807) is 0 Å². The van der Waals surface area contributed by atoms with Crippen LogP contribution in [0.5, 0.6) is 5.75 Å². The Hall–Kier alpha value is -3.94. The second-order valence-electron chi connectivity index (χ2n) is 10.2. The van der Waals surface area contributed by atoms with E-state index in [4.69, 9.17) is 19.8 Å². The summed E-state index contributed by atoms with van der Waals surface area (Å²) in [6.45, 7) is 9.88. The number of hydrogen-bond acceptors (Lipinski definition) is 6. The number of amides is 1. The molecule has 1 amide bonds. The van der Waals surface area contributed by atoms with Crippen LogP contribution in [-0.2, 0) is 0 Å². The molecule has 0 N–H and O–H groups in total. The van der Waals surface area contributed by atoms with Gasteiger partial charge in [0.15, 0.2) is 5.65 Å². The van der Waals surface area contributed by atoms with Crippen molar-refractivity contribution in [1.29, 1.82) is 0 Å². The molecule has 0 saturated carbocycles. The molecule has 5 rings (SSSR count). The molecule has 8 heteroatoms. The van der Waals surface area contributed by atoms with Crippen LogP contribution >= 0.6 is 0 Å². The third kappa shape index (κ3) is 5.90. The van der Waals surface area contributed by atoms with E-state index in [2.05, 4.69) is 25.7 Å². The van der Waals surface area contributed by atoms with E-state index in [1.807, 2.05) is 70.4 Å². The highest BCUT2D eigenvalue weighted by molar-refractivity contribution is 5.94. The number of fused-ring (bicyclic) bond motifs is 1. The van der Waals surface area contributed by atoms with Crippen LogP contribution in [0.15, 0.2) is 60.8 Å². The van der Waals surface area contributed by atoms with Gasteiger partial charge in [-0.15, -0.1) is 0 Å². The summed E-state index contributed by atoms with van der Waals surface area (Å²) in [4.78, 5) is 27.5. The number of rotatable bonds is 10. The number of nitrogens with zero attached hydrogens (tertiary/aromatic N) is 6. The quantitative estimate of drug-likeness (QED) is 0.241. The van der Waals surface area contributed by atoms with Crippen LogP contribution in [0.1, 0.15) is 68.6 Å². The van der Waals surface area contributed by atoms with Crippen molar-refractivity contribution in [3.63, 3.8) is 0 Å². The minimum atomic E-state index is 0.0525. The summed E-state index contributed by atoms with van der Waals surface area (Å²) in [7, 11) is 0. The van der Waals surface area contributed by atoms with Gasteiger partial charge < -0.3 is 14.5 Å². The highest BCUT2D eigenvalue weighted by Gasteiger charge is 2.26. The van der Waals surface area contributed by atoms with Crippen LogP contribution in [0.25, 0.3) is 16.7 Å². The molecular weight excluding hydrogens is 488 g/mol. The van der Waals surface area contributed by atoms with Crippen molar-refractivity contribution in [1.82, 2.24) is 24.6 Å². The molecule has 0 aliphatic carbocycles. The van der Waals surface area contributed by atoms with E-state index < -0.39 is 0 Å². The van der Waals surface area contributed by atoms with E-state index in [0.717, 1.165) is 59.8 Å². The lowest BCUT2D eigenvalue weighted by Gasteiger charge is -2.36. The van der Waals surface area contributed by atoms with Crippen molar-refractivity contribution in [3.05, 3.63) is 72.2 Å². The number of aromatic nitrogens is 4. The molecule has 0 bridgehead atoms. The molecule has 2 aromatic heterocycles. The molecule has 204 valence electrons. The predicted octanol–water partition coefficient (Wildman–Crippen LogP) is 5.86. The first-order valence-corrected chi connectivity index (χ1v) is 14.2. The molecule has 1 aliphatic rings. The van der Waals surface area contributed by atoms with Crippen LogP contribution in [0, 0.1) is 0 Å². The SMILES string of the molecule is CCCCOc1ccc(C(=O)N2CCN(c3nc(C(C)CCC)nc4c3cnn4-c3ccccc3)CC2)cc1. The standard InChI is InChI=1S/C31H38N6O2/c1-4-6-21-39-26-15-13-24(14-16-26)31(38)36-19-17-35(18-20-36)29-27-22-32-37(25-11-8-7-9-12-25)30(27)34-28(33-29)23(3)10-5-2/h7-9,11-16,22-23H,4-6,10,17-21H2,1-3H3. The number of carbonyl (C=O) groups is 1. The van der Waals surface area contributed by atoms with E-state index in [1.165, 1.54) is 0 Å².